The van der Waals surface area contributed by atoms with Crippen LogP contribution in [0, 0.1) is 6.92 Å². The lowest BCUT2D eigenvalue weighted by Gasteiger charge is -2.31. The molecule has 1 N–H and O–H groups in total. The van der Waals surface area contributed by atoms with Crippen LogP contribution in [0.2, 0.25) is 0 Å². The van der Waals surface area contributed by atoms with Gasteiger partial charge in [0.2, 0.25) is 0 Å². The highest BCUT2D eigenvalue weighted by Crippen LogP contribution is 2.23. The van der Waals surface area contributed by atoms with Gasteiger partial charge in [0.1, 0.15) is 28.9 Å². The second kappa shape index (κ2) is 7.36. The molecule has 0 amide bonds. The Morgan fingerprint density at radius 3 is 2.88 bits per heavy atom. The molecule has 6 nitrogen and oxygen atoms in total. The Bertz CT molecular complexity index is 723. The third-order valence-electron chi connectivity index (χ3n) is 4.15. The van der Waals surface area contributed by atoms with E-state index in [0.29, 0.717) is 18.0 Å². The van der Waals surface area contributed by atoms with Gasteiger partial charge in [0.15, 0.2) is 0 Å². The number of hydrogen-bond acceptors (Lipinski definition) is 5. The molecule has 2 aromatic rings. The maximum Gasteiger partial charge on any atom is 0.341 e. The van der Waals surface area contributed by atoms with Gasteiger partial charge < -0.3 is 14.4 Å². The van der Waals surface area contributed by atoms with E-state index in [2.05, 4.69) is 26.0 Å². The summed E-state index contributed by atoms with van der Waals surface area (Å²) in [6.45, 7) is 3.79. The van der Waals surface area contributed by atoms with Crippen molar-refractivity contribution in [1.82, 2.24) is 10.1 Å². The van der Waals surface area contributed by atoms with Crippen LogP contribution in [0.3, 0.4) is 0 Å². The SMILES string of the molecule is Cc1onc(CN2CCC(Oc3cccc(Br)c3)CC2)c1C(=O)O. The first-order valence-corrected chi connectivity index (χ1v) is 8.65. The lowest BCUT2D eigenvalue weighted by atomic mass is 10.1. The topological polar surface area (TPSA) is 75.8 Å². The van der Waals surface area contributed by atoms with E-state index in [1.807, 2.05) is 24.3 Å². The van der Waals surface area contributed by atoms with Crippen molar-refractivity contribution in [1.29, 1.82) is 0 Å². The highest BCUT2D eigenvalue weighted by atomic mass is 79.9. The first kappa shape index (κ1) is 17.0. The molecule has 1 saturated heterocycles. The molecule has 0 spiro atoms. The molecule has 1 aromatic heterocycles. The normalized spacial score (nSPS) is 16.2. The molecule has 7 heteroatoms. The van der Waals surface area contributed by atoms with E-state index in [0.717, 1.165) is 36.2 Å². The number of piperidine rings is 1. The fourth-order valence-electron chi connectivity index (χ4n) is 2.93. The van der Waals surface area contributed by atoms with Gasteiger partial charge in [0.25, 0.3) is 0 Å². The number of aryl methyl sites for hydroxylation is 1. The number of benzene rings is 1. The number of aromatic carboxylic acids is 1. The Morgan fingerprint density at radius 1 is 1.46 bits per heavy atom. The number of hydrogen-bond donors (Lipinski definition) is 1. The van der Waals surface area contributed by atoms with E-state index in [1.165, 1.54) is 0 Å². The van der Waals surface area contributed by atoms with Crippen molar-refractivity contribution in [3.63, 3.8) is 0 Å². The van der Waals surface area contributed by atoms with Gasteiger partial charge in [-0.05, 0) is 38.0 Å². The molecule has 2 heterocycles. The predicted octanol–water partition coefficient (Wildman–Crippen LogP) is 3.49. The van der Waals surface area contributed by atoms with Crippen molar-refractivity contribution in [2.24, 2.45) is 0 Å². The summed E-state index contributed by atoms with van der Waals surface area (Å²) in [4.78, 5) is 13.5. The molecule has 128 valence electrons. The standard InChI is InChI=1S/C17H19BrN2O4/c1-11-16(17(21)22)15(19-24-11)10-20-7-5-13(6-8-20)23-14-4-2-3-12(18)9-14/h2-4,9,13H,5-8,10H2,1H3,(H,21,22). The lowest BCUT2D eigenvalue weighted by molar-refractivity contribution is 0.0689. The molecular formula is C17H19BrN2O4. The van der Waals surface area contributed by atoms with Gasteiger partial charge in [0, 0.05) is 24.1 Å². The van der Waals surface area contributed by atoms with Gasteiger partial charge in [-0.2, -0.15) is 0 Å². The zero-order valence-corrected chi connectivity index (χ0v) is 15.0. The van der Waals surface area contributed by atoms with Gasteiger partial charge in [-0.15, -0.1) is 0 Å². The number of ether oxygens (including phenoxy) is 1. The molecule has 0 bridgehead atoms. The zero-order chi connectivity index (χ0) is 17.1. The molecule has 1 aromatic carbocycles. The van der Waals surface area contributed by atoms with E-state index in [4.69, 9.17) is 9.26 Å². The van der Waals surface area contributed by atoms with Gasteiger partial charge in [0.05, 0.1) is 0 Å². The summed E-state index contributed by atoms with van der Waals surface area (Å²) < 4.78 is 12.0. The van der Waals surface area contributed by atoms with Crippen LogP contribution in [0.25, 0.3) is 0 Å². The van der Waals surface area contributed by atoms with Crippen molar-refractivity contribution in [3.8, 4) is 5.75 Å². The van der Waals surface area contributed by atoms with Crippen molar-refractivity contribution in [3.05, 3.63) is 45.8 Å². The summed E-state index contributed by atoms with van der Waals surface area (Å²) in [5, 5.41) is 13.1. The van der Waals surface area contributed by atoms with E-state index < -0.39 is 5.97 Å². The van der Waals surface area contributed by atoms with Crippen LogP contribution < -0.4 is 4.74 Å². The molecule has 0 aliphatic carbocycles. The number of carboxylic acids is 1. The average Bonchev–Trinajstić information content (AvgIpc) is 2.90. The predicted molar refractivity (Wildman–Crippen MR) is 91.3 cm³/mol. The van der Waals surface area contributed by atoms with E-state index in [1.54, 1.807) is 6.92 Å². The minimum Gasteiger partial charge on any atom is -0.490 e. The Kier molecular flexibility index (Phi) is 5.20. The molecule has 3 rings (SSSR count). The second-order valence-corrected chi connectivity index (χ2v) is 6.83. The van der Waals surface area contributed by atoms with Crippen LogP contribution in [0.1, 0.15) is 34.7 Å². The number of rotatable bonds is 5. The fourth-order valence-corrected chi connectivity index (χ4v) is 3.31. The minimum atomic E-state index is -0.989. The number of halogens is 1. The third kappa shape index (κ3) is 3.96. The Hall–Kier alpha value is -1.86. The molecule has 1 aliphatic heterocycles. The van der Waals surface area contributed by atoms with E-state index >= 15 is 0 Å². The summed E-state index contributed by atoms with van der Waals surface area (Å²) in [5.74, 6) is 0.227. The fraction of sp³-hybridized carbons (Fsp3) is 0.412. The Morgan fingerprint density at radius 2 is 2.21 bits per heavy atom. The summed E-state index contributed by atoms with van der Waals surface area (Å²) in [5.41, 5.74) is 0.675. The molecule has 0 saturated carbocycles. The first-order valence-electron chi connectivity index (χ1n) is 7.86. The van der Waals surface area contributed by atoms with Crippen LogP contribution in [0.15, 0.2) is 33.3 Å². The highest BCUT2D eigenvalue weighted by Gasteiger charge is 2.25. The Balaban J connectivity index is 1.55. The summed E-state index contributed by atoms with van der Waals surface area (Å²) in [7, 11) is 0. The number of likely N-dealkylation sites (tertiary alicyclic amines) is 1. The monoisotopic (exact) mass is 394 g/mol. The first-order chi connectivity index (χ1) is 11.5. The lowest BCUT2D eigenvalue weighted by Crippen LogP contribution is -2.38. The number of nitrogens with zero attached hydrogens (tertiary/aromatic N) is 2. The summed E-state index contributed by atoms with van der Waals surface area (Å²) in [6, 6.07) is 7.84. The van der Waals surface area contributed by atoms with Gasteiger partial charge in [-0.25, -0.2) is 4.79 Å². The van der Waals surface area contributed by atoms with Crippen LogP contribution >= 0.6 is 15.9 Å². The quantitative estimate of drug-likeness (QED) is 0.836. The number of carboxylic acid groups (broad SMARTS) is 1. The third-order valence-corrected chi connectivity index (χ3v) is 4.65. The van der Waals surface area contributed by atoms with Gasteiger partial charge >= 0.3 is 5.97 Å². The van der Waals surface area contributed by atoms with Crippen LogP contribution in [-0.2, 0) is 6.54 Å². The number of aromatic nitrogens is 1. The van der Waals surface area contributed by atoms with Crippen molar-refractivity contribution >= 4 is 21.9 Å². The average molecular weight is 395 g/mol. The zero-order valence-electron chi connectivity index (χ0n) is 13.4. The molecule has 1 fully saturated rings. The molecule has 0 unspecified atom stereocenters. The minimum absolute atomic E-state index is 0.175. The molecular weight excluding hydrogens is 376 g/mol. The van der Waals surface area contributed by atoms with Crippen molar-refractivity contribution < 1.29 is 19.2 Å². The largest absolute Gasteiger partial charge is 0.490 e. The van der Waals surface area contributed by atoms with Crippen LogP contribution in [0.5, 0.6) is 5.75 Å². The van der Waals surface area contributed by atoms with Crippen molar-refractivity contribution in [2.45, 2.75) is 32.4 Å². The molecule has 24 heavy (non-hydrogen) atoms. The summed E-state index contributed by atoms with van der Waals surface area (Å²) in [6.07, 6.45) is 1.96. The highest BCUT2D eigenvalue weighted by molar-refractivity contribution is 9.10. The molecule has 0 atom stereocenters. The maximum absolute atomic E-state index is 11.3. The van der Waals surface area contributed by atoms with Gasteiger partial charge in [-0.3, -0.25) is 4.90 Å². The summed E-state index contributed by atoms with van der Waals surface area (Å²) >= 11 is 3.44. The van der Waals surface area contributed by atoms with Crippen LogP contribution in [-0.4, -0.2) is 40.3 Å². The van der Waals surface area contributed by atoms with Crippen LogP contribution in [0.4, 0.5) is 0 Å². The number of carbonyl (C=O) groups is 1. The van der Waals surface area contributed by atoms with E-state index in [9.17, 15) is 9.90 Å². The molecule has 1 aliphatic rings. The maximum atomic E-state index is 11.3. The smallest absolute Gasteiger partial charge is 0.341 e. The Labute approximate surface area is 148 Å². The van der Waals surface area contributed by atoms with E-state index in [-0.39, 0.29) is 11.7 Å². The van der Waals surface area contributed by atoms with Crippen molar-refractivity contribution in [2.75, 3.05) is 13.1 Å². The van der Waals surface area contributed by atoms with Gasteiger partial charge in [-0.1, -0.05) is 27.2 Å². The second-order valence-electron chi connectivity index (χ2n) is 5.92. The molecule has 0 radical (unpaired) electrons.